The average Bonchev–Trinajstić information content (AvgIpc) is 3.12. The summed E-state index contributed by atoms with van der Waals surface area (Å²) in [6.45, 7) is 6.42. The van der Waals surface area contributed by atoms with Gasteiger partial charge in [0.05, 0.1) is 17.1 Å². The first-order valence-electron chi connectivity index (χ1n) is 6.99. The fraction of sp³-hybridized carbons (Fsp3) is 0.235. The van der Waals surface area contributed by atoms with E-state index in [0.717, 1.165) is 34.9 Å². The highest BCUT2D eigenvalue weighted by Crippen LogP contribution is 2.29. The maximum atomic E-state index is 4.66. The minimum atomic E-state index is 1.04. The van der Waals surface area contributed by atoms with Crippen LogP contribution in [-0.4, -0.2) is 15.7 Å². The third kappa shape index (κ3) is 2.16. The van der Waals surface area contributed by atoms with Crippen molar-refractivity contribution in [1.82, 2.24) is 9.97 Å². The molecule has 1 aliphatic rings. The van der Waals surface area contributed by atoms with Gasteiger partial charge in [0.1, 0.15) is 0 Å². The van der Waals surface area contributed by atoms with E-state index in [2.05, 4.69) is 60.0 Å². The van der Waals surface area contributed by atoms with E-state index in [1.807, 2.05) is 12.3 Å². The van der Waals surface area contributed by atoms with Crippen molar-refractivity contribution in [3.8, 4) is 11.4 Å². The monoisotopic (exact) mass is 265 g/mol. The van der Waals surface area contributed by atoms with E-state index in [9.17, 15) is 0 Å². The molecular weight excluding hydrogens is 246 g/mol. The number of H-pyrrole nitrogens is 2. The van der Waals surface area contributed by atoms with Crippen LogP contribution < -0.4 is 0 Å². The second-order valence-corrected chi connectivity index (χ2v) is 5.10. The van der Waals surface area contributed by atoms with Gasteiger partial charge in [-0.05, 0) is 61.8 Å². The van der Waals surface area contributed by atoms with Crippen molar-refractivity contribution < 1.29 is 0 Å². The number of nitrogens with one attached hydrogen (secondary N) is 2. The van der Waals surface area contributed by atoms with Gasteiger partial charge in [-0.15, -0.1) is 0 Å². The topological polar surface area (TPSA) is 43.9 Å². The van der Waals surface area contributed by atoms with Crippen LogP contribution in [0.2, 0.25) is 0 Å². The number of allylic oxidation sites excluding steroid dienone is 2. The molecule has 0 saturated heterocycles. The molecule has 1 aliphatic heterocycles. The molecule has 3 nitrogen and oxygen atoms in total. The summed E-state index contributed by atoms with van der Waals surface area (Å²) in [5.74, 6) is 0. The van der Waals surface area contributed by atoms with Gasteiger partial charge in [-0.3, -0.25) is 4.99 Å². The van der Waals surface area contributed by atoms with E-state index in [4.69, 9.17) is 0 Å². The highest BCUT2D eigenvalue weighted by Gasteiger charge is 2.15. The molecule has 0 atom stereocenters. The summed E-state index contributed by atoms with van der Waals surface area (Å²) in [4.78, 5) is 11.3. The Bertz CT molecular complexity index is 709. The lowest BCUT2D eigenvalue weighted by Gasteiger charge is -1.99. The summed E-state index contributed by atoms with van der Waals surface area (Å²) in [7, 11) is 0. The smallest absolute Gasteiger partial charge is 0.0686 e. The Morgan fingerprint density at radius 2 is 2.00 bits per heavy atom. The number of hydrogen-bond acceptors (Lipinski definition) is 1. The van der Waals surface area contributed by atoms with Crippen LogP contribution in [0, 0.1) is 0 Å². The molecule has 0 spiro atoms. The molecule has 3 heteroatoms. The number of aliphatic imine (C=N–C) groups is 1. The van der Waals surface area contributed by atoms with Gasteiger partial charge >= 0.3 is 0 Å². The molecule has 0 radical (unpaired) electrons. The van der Waals surface area contributed by atoms with Crippen molar-refractivity contribution in [2.75, 3.05) is 0 Å². The Balaban J connectivity index is 1.93. The lowest BCUT2D eigenvalue weighted by Crippen LogP contribution is -1.91. The summed E-state index contributed by atoms with van der Waals surface area (Å²) >= 11 is 0. The van der Waals surface area contributed by atoms with Gasteiger partial charge in [0.15, 0.2) is 0 Å². The van der Waals surface area contributed by atoms with Crippen molar-refractivity contribution in [2.24, 2.45) is 4.99 Å². The Kier molecular flexibility index (Phi) is 3.18. The predicted molar refractivity (Wildman–Crippen MR) is 84.7 cm³/mol. The van der Waals surface area contributed by atoms with Gasteiger partial charge < -0.3 is 9.97 Å². The van der Waals surface area contributed by atoms with Crippen molar-refractivity contribution >= 4 is 11.8 Å². The number of hydrogen-bond donors (Lipinski definition) is 2. The molecule has 20 heavy (non-hydrogen) atoms. The average molecular weight is 265 g/mol. The normalized spacial score (nSPS) is 17.1. The molecule has 0 aliphatic carbocycles. The van der Waals surface area contributed by atoms with Crippen LogP contribution in [0.1, 0.15) is 32.9 Å². The molecule has 102 valence electrons. The second kappa shape index (κ2) is 5.00. The summed E-state index contributed by atoms with van der Waals surface area (Å²) < 4.78 is 0. The van der Waals surface area contributed by atoms with E-state index in [1.54, 1.807) is 0 Å². The number of aromatic nitrogens is 2. The minimum absolute atomic E-state index is 1.04. The van der Waals surface area contributed by atoms with Crippen molar-refractivity contribution in [1.29, 1.82) is 0 Å². The molecule has 0 unspecified atom stereocenters. The zero-order chi connectivity index (χ0) is 14.1. The van der Waals surface area contributed by atoms with Crippen molar-refractivity contribution in [3.05, 3.63) is 53.0 Å². The van der Waals surface area contributed by atoms with Crippen LogP contribution in [0.3, 0.4) is 0 Å². The number of aromatic amines is 2. The predicted octanol–water partition coefficient (Wildman–Crippen LogP) is 4.55. The van der Waals surface area contributed by atoms with Crippen LogP contribution in [0.5, 0.6) is 0 Å². The first kappa shape index (κ1) is 12.7. The van der Waals surface area contributed by atoms with Crippen molar-refractivity contribution in [3.63, 3.8) is 0 Å². The highest BCUT2D eigenvalue weighted by atomic mass is 14.8. The quantitative estimate of drug-likeness (QED) is 0.817. The van der Waals surface area contributed by atoms with Gasteiger partial charge in [0, 0.05) is 17.6 Å². The van der Waals surface area contributed by atoms with Crippen LogP contribution in [0.15, 0.2) is 52.3 Å². The zero-order valence-corrected chi connectivity index (χ0v) is 12.1. The molecule has 0 bridgehead atoms. The first-order valence-corrected chi connectivity index (χ1v) is 6.99. The standard InChI is InChI=1S/C17H19N3/c1-4-14-11(2)17(19-12(14)3)10-13-7-8-16(20-13)15-6-5-9-18-15/h5-10,18,20H,4H2,1-3H3. The number of nitrogens with zero attached hydrogens (tertiary/aromatic N) is 1. The third-order valence-electron chi connectivity index (χ3n) is 3.80. The lowest BCUT2D eigenvalue weighted by atomic mass is 10.0. The molecule has 0 amide bonds. The maximum absolute atomic E-state index is 4.66. The minimum Gasteiger partial charge on any atom is -0.360 e. The molecule has 3 rings (SSSR count). The van der Waals surface area contributed by atoms with Gasteiger partial charge in [-0.2, -0.15) is 0 Å². The first-order chi connectivity index (χ1) is 9.69. The summed E-state index contributed by atoms with van der Waals surface area (Å²) in [6.07, 6.45) is 5.09. The third-order valence-corrected chi connectivity index (χ3v) is 3.80. The molecule has 2 aromatic rings. The fourth-order valence-electron chi connectivity index (χ4n) is 2.72. The van der Waals surface area contributed by atoms with E-state index >= 15 is 0 Å². The van der Waals surface area contributed by atoms with Crippen LogP contribution in [-0.2, 0) is 0 Å². The van der Waals surface area contributed by atoms with Gasteiger partial charge in [0.2, 0.25) is 0 Å². The molecular formula is C17H19N3. The molecule has 2 N–H and O–H groups in total. The lowest BCUT2D eigenvalue weighted by molar-refractivity contribution is 1.15. The Morgan fingerprint density at radius 3 is 2.65 bits per heavy atom. The zero-order valence-electron chi connectivity index (χ0n) is 12.1. The van der Waals surface area contributed by atoms with Gasteiger partial charge in [0.25, 0.3) is 0 Å². The molecule has 3 heterocycles. The summed E-state index contributed by atoms with van der Waals surface area (Å²) in [6, 6.07) is 8.23. The largest absolute Gasteiger partial charge is 0.360 e. The van der Waals surface area contributed by atoms with Crippen LogP contribution in [0.25, 0.3) is 17.5 Å². The Morgan fingerprint density at radius 1 is 1.15 bits per heavy atom. The summed E-state index contributed by atoms with van der Waals surface area (Å²) in [5.41, 5.74) is 8.15. The Hall–Kier alpha value is -2.29. The molecule has 0 saturated carbocycles. The highest BCUT2D eigenvalue weighted by molar-refractivity contribution is 6.03. The van der Waals surface area contributed by atoms with Gasteiger partial charge in [-0.25, -0.2) is 0 Å². The van der Waals surface area contributed by atoms with E-state index in [1.165, 1.54) is 11.1 Å². The SMILES string of the molecule is CCC1=C(C)C(=Cc2ccc(-c3ccc[nH]3)[nH]2)N=C1C. The molecule has 2 aromatic heterocycles. The maximum Gasteiger partial charge on any atom is 0.0686 e. The number of rotatable bonds is 3. The van der Waals surface area contributed by atoms with Crippen LogP contribution >= 0.6 is 0 Å². The van der Waals surface area contributed by atoms with E-state index in [-0.39, 0.29) is 0 Å². The fourth-order valence-corrected chi connectivity index (χ4v) is 2.72. The molecule has 0 fully saturated rings. The van der Waals surface area contributed by atoms with Gasteiger partial charge in [-0.1, -0.05) is 6.92 Å². The van der Waals surface area contributed by atoms with E-state index in [0.29, 0.717) is 0 Å². The summed E-state index contributed by atoms with van der Waals surface area (Å²) in [5, 5.41) is 0. The second-order valence-electron chi connectivity index (χ2n) is 5.10. The van der Waals surface area contributed by atoms with Crippen molar-refractivity contribution in [2.45, 2.75) is 27.2 Å². The van der Waals surface area contributed by atoms with Crippen LogP contribution in [0.4, 0.5) is 0 Å². The Labute approximate surface area is 119 Å². The molecule has 0 aromatic carbocycles. The van der Waals surface area contributed by atoms with E-state index < -0.39 is 0 Å².